The molecule has 126 valence electrons. The minimum atomic E-state index is -0.262. The van der Waals surface area contributed by atoms with E-state index >= 15 is 0 Å². The molecule has 2 heteroatoms. The summed E-state index contributed by atoms with van der Waals surface area (Å²) in [5.41, 5.74) is 6.12. The first-order valence-corrected chi connectivity index (χ1v) is 8.94. The third-order valence-electron chi connectivity index (χ3n) is 5.30. The number of allylic oxidation sites excluding steroid dienone is 3. The van der Waals surface area contributed by atoms with E-state index in [4.69, 9.17) is 0 Å². The van der Waals surface area contributed by atoms with E-state index in [1.54, 1.807) is 12.1 Å². The summed E-state index contributed by atoms with van der Waals surface area (Å²) in [5, 5.41) is 0. The normalized spacial score (nSPS) is 20.4. The van der Waals surface area contributed by atoms with Crippen molar-refractivity contribution in [1.82, 2.24) is 0 Å². The third-order valence-corrected chi connectivity index (χ3v) is 5.30. The summed E-state index contributed by atoms with van der Waals surface area (Å²) in [4.78, 5) is 12.1. The Hall–Kier alpha value is -2.48. The highest BCUT2D eigenvalue weighted by atomic mass is 19.1. The van der Waals surface area contributed by atoms with Crippen LogP contribution in [-0.2, 0) is 4.79 Å². The third kappa shape index (κ3) is 2.97. The first-order chi connectivity index (χ1) is 12.2. The van der Waals surface area contributed by atoms with Crippen LogP contribution >= 0.6 is 0 Å². The van der Waals surface area contributed by atoms with Crippen LogP contribution in [0.3, 0.4) is 0 Å². The highest BCUT2D eigenvalue weighted by molar-refractivity contribution is 6.00. The summed E-state index contributed by atoms with van der Waals surface area (Å²) in [6, 6.07) is 14.8. The lowest BCUT2D eigenvalue weighted by Gasteiger charge is -2.24. The van der Waals surface area contributed by atoms with Crippen molar-refractivity contribution in [1.29, 1.82) is 0 Å². The molecule has 2 aromatic carbocycles. The predicted octanol–water partition coefficient (Wildman–Crippen LogP) is 5.67. The van der Waals surface area contributed by atoms with Gasteiger partial charge in [0, 0.05) is 5.57 Å². The number of rotatable bonds is 3. The molecule has 0 aliphatic heterocycles. The van der Waals surface area contributed by atoms with Gasteiger partial charge in [-0.1, -0.05) is 49.4 Å². The predicted molar refractivity (Wildman–Crippen MR) is 98.8 cm³/mol. The fraction of sp³-hybridized carbons (Fsp3) is 0.261. The van der Waals surface area contributed by atoms with Crippen LogP contribution in [0.1, 0.15) is 48.8 Å². The van der Waals surface area contributed by atoms with E-state index in [9.17, 15) is 9.18 Å². The molecule has 0 radical (unpaired) electrons. The highest BCUT2D eigenvalue weighted by Gasteiger charge is 2.31. The molecule has 4 rings (SSSR count). The van der Waals surface area contributed by atoms with Crippen LogP contribution in [0.2, 0.25) is 0 Å². The molecule has 1 saturated carbocycles. The van der Waals surface area contributed by atoms with Crippen molar-refractivity contribution in [2.45, 2.75) is 32.1 Å². The minimum Gasteiger partial charge on any atom is -0.298 e. The maximum atomic E-state index is 13.5. The summed E-state index contributed by atoms with van der Waals surface area (Å²) in [6.07, 6.45) is 6.49. The minimum absolute atomic E-state index is 0.262. The molecule has 0 bridgehead atoms. The van der Waals surface area contributed by atoms with Crippen LogP contribution in [0, 0.1) is 11.7 Å². The van der Waals surface area contributed by atoms with Crippen LogP contribution in [0.15, 0.2) is 65.8 Å². The first kappa shape index (κ1) is 16.0. The van der Waals surface area contributed by atoms with Crippen molar-refractivity contribution in [2.75, 3.05) is 0 Å². The lowest BCUT2D eigenvalue weighted by molar-refractivity contribution is -0.104. The number of carbonyl (C=O) groups is 1. The zero-order chi connectivity index (χ0) is 17.4. The monoisotopic (exact) mass is 332 g/mol. The van der Waals surface area contributed by atoms with E-state index in [1.807, 2.05) is 12.1 Å². The maximum Gasteiger partial charge on any atom is 0.150 e. The number of benzene rings is 2. The lowest BCUT2D eigenvalue weighted by atomic mass is 9.80. The van der Waals surface area contributed by atoms with Gasteiger partial charge in [0.1, 0.15) is 5.82 Å². The average Bonchev–Trinajstić information content (AvgIpc) is 3.46. The topological polar surface area (TPSA) is 17.1 Å². The second-order valence-electron chi connectivity index (χ2n) is 7.07. The molecule has 1 unspecified atom stereocenters. The van der Waals surface area contributed by atoms with Gasteiger partial charge >= 0.3 is 0 Å². The first-order valence-electron chi connectivity index (χ1n) is 8.94. The quantitative estimate of drug-likeness (QED) is 0.662. The van der Waals surface area contributed by atoms with Gasteiger partial charge in [0.15, 0.2) is 6.29 Å². The Morgan fingerprint density at radius 1 is 1.04 bits per heavy atom. The number of hydrogen-bond donors (Lipinski definition) is 0. The van der Waals surface area contributed by atoms with Crippen molar-refractivity contribution in [2.24, 2.45) is 5.92 Å². The van der Waals surface area contributed by atoms with E-state index in [0.717, 1.165) is 47.8 Å². The zero-order valence-corrected chi connectivity index (χ0v) is 14.3. The van der Waals surface area contributed by atoms with Gasteiger partial charge in [-0.05, 0) is 71.1 Å². The Bertz CT molecular complexity index is 869. The SMILES string of the molecule is CC1CC=C(C2CC2)C(C=O)=C(c2ccc(F)cc2)c2ccccc21. The van der Waals surface area contributed by atoms with Gasteiger partial charge in [-0.2, -0.15) is 0 Å². The molecule has 1 atom stereocenters. The van der Waals surface area contributed by atoms with Crippen molar-refractivity contribution in [3.63, 3.8) is 0 Å². The van der Waals surface area contributed by atoms with E-state index < -0.39 is 0 Å². The van der Waals surface area contributed by atoms with Crippen molar-refractivity contribution >= 4 is 11.9 Å². The van der Waals surface area contributed by atoms with Gasteiger partial charge in [-0.3, -0.25) is 4.79 Å². The van der Waals surface area contributed by atoms with E-state index in [0.29, 0.717) is 11.8 Å². The highest BCUT2D eigenvalue weighted by Crippen LogP contribution is 2.45. The van der Waals surface area contributed by atoms with Gasteiger partial charge in [-0.25, -0.2) is 4.39 Å². The van der Waals surface area contributed by atoms with Crippen LogP contribution in [-0.4, -0.2) is 6.29 Å². The summed E-state index contributed by atoms with van der Waals surface area (Å²) in [5.74, 6) is 0.615. The second-order valence-corrected chi connectivity index (χ2v) is 7.07. The standard InChI is InChI=1S/C23H21FO/c1-15-6-13-20(16-7-8-16)22(14-25)23(17-9-11-18(24)12-10-17)21-5-3-2-4-19(15)21/h2-5,9-16H,6-8H2,1H3. The van der Waals surface area contributed by atoms with E-state index in [2.05, 4.69) is 25.1 Å². The van der Waals surface area contributed by atoms with E-state index in [1.165, 1.54) is 23.3 Å². The number of carbonyl (C=O) groups excluding carboxylic acids is 1. The van der Waals surface area contributed by atoms with Gasteiger partial charge < -0.3 is 0 Å². The van der Waals surface area contributed by atoms with Crippen LogP contribution in [0.5, 0.6) is 0 Å². The number of hydrogen-bond acceptors (Lipinski definition) is 1. The molecule has 0 heterocycles. The molecular formula is C23H21FO. The summed E-state index contributed by atoms with van der Waals surface area (Å²) >= 11 is 0. The maximum absolute atomic E-state index is 13.5. The number of halogens is 1. The molecule has 0 saturated heterocycles. The Morgan fingerprint density at radius 2 is 1.76 bits per heavy atom. The molecule has 2 aliphatic carbocycles. The van der Waals surface area contributed by atoms with Gasteiger partial charge in [0.25, 0.3) is 0 Å². The Labute approximate surface area is 147 Å². The molecular weight excluding hydrogens is 311 g/mol. The molecule has 0 amide bonds. The Kier molecular flexibility index (Phi) is 4.12. The zero-order valence-electron chi connectivity index (χ0n) is 14.3. The molecule has 2 aromatic rings. The van der Waals surface area contributed by atoms with Crippen molar-refractivity contribution < 1.29 is 9.18 Å². The number of fused-ring (bicyclic) bond motifs is 1. The number of aldehydes is 1. The fourth-order valence-electron chi connectivity index (χ4n) is 3.82. The smallest absolute Gasteiger partial charge is 0.150 e. The molecule has 25 heavy (non-hydrogen) atoms. The van der Waals surface area contributed by atoms with Crippen LogP contribution in [0.25, 0.3) is 5.57 Å². The average molecular weight is 332 g/mol. The summed E-state index contributed by atoms with van der Waals surface area (Å²) in [6.45, 7) is 2.23. The molecule has 0 spiro atoms. The lowest BCUT2D eigenvalue weighted by Crippen LogP contribution is -2.08. The molecule has 0 aromatic heterocycles. The molecule has 0 N–H and O–H groups in total. The molecule has 2 aliphatic rings. The van der Waals surface area contributed by atoms with Crippen molar-refractivity contribution in [3.05, 3.63) is 88.3 Å². The van der Waals surface area contributed by atoms with Crippen molar-refractivity contribution in [3.8, 4) is 0 Å². The summed E-state index contributed by atoms with van der Waals surface area (Å²) < 4.78 is 13.5. The summed E-state index contributed by atoms with van der Waals surface area (Å²) in [7, 11) is 0. The van der Waals surface area contributed by atoms with Gasteiger partial charge in [0.2, 0.25) is 0 Å². The second kappa shape index (κ2) is 6.44. The largest absolute Gasteiger partial charge is 0.298 e. The van der Waals surface area contributed by atoms with Crippen LogP contribution in [0.4, 0.5) is 4.39 Å². The molecule has 1 nitrogen and oxygen atoms in total. The molecule has 1 fully saturated rings. The van der Waals surface area contributed by atoms with Gasteiger partial charge in [0.05, 0.1) is 0 Å². The fourth-order valence-corrected chi connectivity index (χ4v) is 3.82. The Morgan fingerprint density at radius 3 is 2.44 bits per heavy atom. The van der Waals surface area contributed by atoms with Gasteiger partial charge in [-0.15, -0.1) is 0 Å². The van der Waals surface area contributed by atoms with E-state index in [-0.39, 0.29) is 5.82 Å². The van der Waals surface area contributed by atoms with Crippen LogP contribution < -0.4 is 0 Å². The Balaban J connectivity index is 2.03.